The molecule has 0 heterocycles. The molecule has 0 saturated heterocycles. The zero-order valence-corrected chi connectivity index (χ0v) is 14.5. The van der Waals surface area contributed by atoms with Crippen LogP contribution in [0.4, 0.5) is 5.69 Å². The molecule has 0 aliphatic carbocycles. The molecular formula is C20H21NO4. The van der Waals surface area contributed by atoms with Gasteiger partial charge in [-0.05, 0) is 49.8 Å². The molecule has 1 atom stereocenters. The van der Waals surface area contributed by atoms with Crippen LogP contribution in [0, 0.1) is 6.92 Å². The predicted octanol–water partition coefficient (Wildman–Crippen LogP) is 3.59. The summed E-state index contributed by atoms with van der Waals surface area (Å²) >= 11 is 0. The van der Waals surface area contributed by atoms with Gasteiger partial charge < -0.3 is 14.8 Å². The van der Waals surface area contributed by atoms with E-state index in [1.807, 2.05) is 31.2 Å². The third-order valence-corrected chi connectivity index (χ3v) is 3.51. The lowest BCUT2D eigenvalue weighted by Crippen LogP contribution is -2.29. The number of hydrogen-bond acceptors (Lipinski definition) is 4. The van der Waals surface area contributed by atoms with Crippen molar-refractivity contribution in [1.29, 1.82) is 0 Å². The molecule has 25 heavy (non-hydrogen) atoms. The van der Waals surface area contributed by atoms with Gasteiger partial charge in [0.25, 0.3) is 5.91 Å². The Morgan fingerprint density at radius 3 is 2.28 bits per heavy atom. The molecule has 0 spiro atoms. The van der Waals surface area contributed by atoms with Crippen molar-refractivity contribution < 1.29 is 19.1 Å². The Bertz CT molecular complexity index is 748. The molecule has 5 nitrogen and oxygen atoms in total. The van der Waals surface area contributed by atoms with Crippen molar-refractivity contribution in [2.24, 2.45) is 0 Å². The van der Waals surface area contributed by atoms with Gasteiger partial charge in [-0.2, -0.15) is 0 Å². The number of amides is 1. The second-order valence-electron chi connectivity index (χ2n) is 5.54. The molecule has 0 unspecified atom stereocenters. The third-order valence-electron chi connectivity index (χ3n) is 3.51. The van der Waals surface area contributed by atoms with Crippen molar-refractivity contribution in [2.75, 3.05) is 12.4 Å². The van der Waals surface area contributed by atoms with E-state index in [0.29, 0.717) is 11.4 Å². The second-order valence-corrected chi connectivity index (χ2v) is 5.54. The van der Waals surface area contributed by atoms with Crippen molar-refractivity contribution in [1.82, 2.24) is 0 Å². The van der Waals surface area contributed by atoms with Gasteiger partial charge in [0.15, 0.2) is 6.10 Å². The normalized spacial score (nSPS) is 11.8. The van der Waals surface area contributed by atoms with Crippen molar-refractivity contribution in [3.63, 3.8) is 0 Å². The van der Waals surface area contributed by atoms with Crippen molar-refractivity contribution >= 4 is 23.6 Å². The maximum Gasteiger partial charge on any atom is 0.331 e. The van der Waals surface area contributed by atoms with Crippen LogP contribution in [0.25, 0.3) is 6.08 Å². The van der Waals surface area contributed by atoms with E-state index in [9.17, 15) is 9.59 Å². The highest BCUT2D eigenvalue weighted by atomic mass is 16.5. The molecule has 1 amide bonds. The fourth-order valence-electron chi connectivity index (χ4n) is 2.03. The molecular weight excluding hydrogens is 318 g/mol. The van der Waals surface area contributed by atoms with E-state index in [2.05, 4.69) is 5.32 Å². The van der Waals surface area contributed by atoms with Gasteiger partial charge in [0.1, 0.15) is 5.75 Å². The van der Waals surface area contributed by atoms with E-state index < -0.39 is 18.0 Å². The summed E-state index contributed by atoms with van der Waals surface area (Å²) in [5.41, 5.74) is 2.63. The molecule has 0 fully saturated rings. The van der Waals surface area contributed by atoms with E-state index in [4.69, 9.17) is 9.47 Å². The lowest BCUT2D eigenvalue weighted by Gasteiger charge is -2.12. The van der Waals surface area contributed by atoms with Crippen LogP contribution in [0.15, 0.2) is 54.6 Å². The minimum atomic E-state index is -0.905. The number of nitrogens with one attached hydrogen (secondary N) is 1. The highest BCUT2D eigenvalue weighted by Crippen LogP contribution is 2.15. The lowest BCUT2D eigenvalue weighted by molar-refractivity contribution is -0.148. The Balaban J connectivity index is 1.86. The predicted molar refractivity (Wildman–Crippen MR) is 97.4 cm³/mol. The summed E-state index contributed by atoms with van der Waals surface area (Å²) in [6.07, 6.45) is 2.05. The van der Waals surface area contributed by atoms with Gasteiger partial charge in [-0.3, -0.25) is 4.79 Å². The van der Waals surface area contributed by atoms with Gasteiger partial charge in [0.2, 0.25) is 0 Å². The molecule has 5 heteroatoms. The highest BCUT2D eigenvalue weighted by Gasteiger charge is 2.16. The fraction of sp³-hybridized carbons (Fsp3) is 0.200. The number of carbonyl (C=O) groups is 2. The molecule has 0 bridgehead atoms. The lowest BCUT2D eigenvalue weighted by atomic mass is 10.1. The number of esters is 1. The number of carbonyl (C=O) groups excluding carboxylic acids is 2. The summed E-state index contributed by atoms with van der Waals surface area (Å²) in [7, 11) is 1.57. The van der Waals surface area contributed by atoms with Crippen molar-refractivity contribution in [3.05, 3.63) is 65.7 Å². The molecule has 0 aliphatic rings. The Morgan fingerprint density at radius 1 is 1.04 bits per heavy atom. The smallest absolute Gasteiger partial charge is 0.331 e. The quantitative estimate of drug-likeness (QED) is 0.645. The van der Waals surface area contributed by atoms with Crippen LogP contribution in [-0.2, 0) is 14.3 Å². The van der Waals surface area contributed by atoms with Gasteiger partial charge in [0.05, 0.1) is 7.11 Å². The van der Waals surface area contributed by atoms with Gasteiger partial charge >= 0.3 is 5.97 Å². The van der Waals surface area contributed by atoms with Gasteiger partial charge in [0, 0.05) is 11.8 Å². The van der Waals surface area contributed by atoms with Crippen LogP contribution in [0.5, 0.6) is 5.75 Å². The minimum absolute atomic E-state index is 0.401. The van der Waals surface area contributed by atoms with Gasteiger partial charge in [-0.1, -0.05) is 29.8 Å². The van der Waals surface area contributed by atoms with Crippen LogP contribution < -0.4 is 10.1 Å². The summed E-state index contributed by atoms with van der Waals surface area (Å²) in [6, 6.07) is 14.6. The first-order chi connectivity index (χ1) is 12.0. The number of anilines is 1. The first kappa shape index (κ1) is 18.3. The van der Waals surface area contributed by atoms with Crippen LogP contribution in [-0.4, -0.2) is 25.1 Å². The zero-order chi connectivity index (χ0) is 18.2. The molecule has 1 N–H and O–H groups in total. The molecule has 2 aromatic carbocycles. The Hall–Kier alpha value is -3.08. The van der Waals surface area contributed by atoms with E-state index in [1.54, 1.807) is 37.5 Å². The Morgan fingerprint density at radius 2 is 1.68 bits per heavy atom. The van der Waals surface area contributed by atoms with E-state index in [-0.39, 0.29) is 0 Å². The summed E-state index contributed by atoms with van der Waals surface area (Å²) in [4.78, 5) is 23.9. The number of methoxy groups -OCH3 is 1. The summed E-state index contributed by atoms with van der Waals surface area (Å²) in [5.74, 6) is -0.279. The first-order valence-corrected chi connectivity index (χ1v) is 7.88. The monoisotopic (exact) mass is 339 g/mol. The molecule has 0 aromatic heterocycles. The first-order valence-electron chi connectivity index (χ1n) is 7.88. The van der Waals surface area contributed by atoms with E-state index in [0.717, 1.165) is 11.1 Å². The van der Waals surface area contributed by atoms with Crippen LogP contribution in [0.2, 0.25) is 0 Å². The average molecular weight is 339 g/mol. The maximum absolute atomic E-state index is 12.1. The van der Waals surface area contributed by atoms with Crippen molar-refractivity contribution in [3.8, 4) is 5.75 Å². The van der Waals surface area contributed by atoms with E-state index in [1.165, 1.54) is 13.0 Å². The number of rotatable bonds is 6. The minimum Gasteiger partial charge on any atom is -0.497 e. The summed E-state index contributed by atoms with van der Waals surface area (Å²) in [5, 5.41) is 2.68. The van der Waals surface area contributed by atoms with Crippen LogP contribution in [0.1, 0.15) is 18.1 Å². The molecule has 0 aliphatic heterocycles. The van der Waals surface area contributed by atoms with Crippen LogP contribution >= 0.6 is 0 Å². The number of ether oxygens (including phenoxy) is 2. The summed E-state index contributed by atoms with van der Waals surface area (Å²) < 4.78 is 10.2. The number of benzene rings is 2. The summed E-state index contributed by atoms with van der Waals surface area (Å²) in [6.45, 7) is 3.52. The van der Waals surface area contributed by atoms with Gasteiger partial charge in [-0.25, -0.2) is 4.79 Å². The topological polar surface area (TPSA) is 64.6 Å². The Labute approximate surface area is 147 Å². The molecule has 2 rings (SSSR count). The van der Waals surface area contributed by atoms with Crippen molar-refractivity contribution in [2.45, 2.75) is 20.0 Å². The number of hydrogen-bond donors (Lipinski definition) is 1. The van der Waals surface area contributed by atoms with Gasteiger partial charge in [-0.15, -0.1) is 0 Å². The second kappa shape index (κ2) is 8.68. The third kappa shape index (κ3) is 5.80. The van der Waals surface area contributed by atoms with E-state index >= 15 is 0 Å². The molecule has 130 valence electrons. The maximum atomic E-state index is 12.1. The molecule has 0 radical (unpaired) electrons. The Kier molecular flexibility index (Phi) is 6.34. The number of aryl methyl sites for hydroxylation is 1. The zero-order valence-electron chi connectivity index (χ0n) is 14.5. The SMILES string of the molecule is COc1ccc(NC(=O)[C@@H](C)OC(=O)/C=C/c2ccc(C)cc2)cc1. The average Bonchev–Trinajstić information content (AvgIpc) is 2.61. The fourth-order valence-corrected chi connectivity index (χ4v) is 2.03. The standard InChI is InChI=1S/C20H21NO4/c1-14-4-6-16(7-5-14)8-13-19(22)25-15(2)20(23)21-17-9-11-18(24-3)12-10-17/h4-13,15H,1-3H3,(H,21,23)/b13-8+/t15-/m1/s1. The largest absolute Gasteiger partial charge is 0.497 e. The highest BCUT2D eigenvalue weighted by molar-refractivity contribution is 5.96. The molecule has 2 aromatic rings. The van der Waals surface area contributed by atoms with Crippen LogP contribution in [0.3, 0.4) is 0 Å². The molecule has 0 saturated carbocycles.